The molecule has 8 rings (SSSR count). The highest BCUT2D eigenvalue weighted by atomic mass is 32.2. The molecule has 4 aromatic carbocycles. The van der Waals surface area contributed by atoms with Crippen LogP contribution in [0.4, 0.5) is 4.39 Å². The Kier molecular flexibility index (Phi) is 8.13. The van der Waals surface area contributed by atoms with E-state index in [-0.39, 0.29) is 11.7 Å². The van der Waals surface area contributed by atoms with Crippen molar-refractivity contribution < 1.29 is 12.8 Å². The van der Waals surface area contributed by atoms with E-state index in [4.69, 9.17) is 5.10 Å². The molecule has 8 heteroatoms. The molecule has 0 N–H and O–H groups in total. The van der Waals surface area contributed by atoms with Gasteiger partial charge in [0, 0.05) is 51.5 Å². The summed E-state index contributed by atoms with van der Waals surface area (Å²) >= 11 is 1.25. The molecule has 0 saturated carbocycles. The molecule has 0 spiro atoms. The number of pyridine rings is 1. The molecule has 3 aromatic heterocycles. The molecule has 3 heterocycles. The maximum Gasteiger partial charge on any atom is 0.184 e. The van der Waals surface area contributed by atoms with Crippen LogP contribution in [0.2, 0.25) is 0 Å². The number of hydrogen-bond donors (Lipinski definition) is 0. The van der Waals surface area contributed by atoms with Crippen LogP contribution in [0.1, 0.15) is 17.5 Å². The van der Waals surface area contributed by atoms with Gasteiger partial charge < -0.3 is 0 Å². The number of nitrogens with zero attached hydrogens (tertiary/aromatic N) is 3. The minimum Gasteiger partial charge on any atom is -0.256 e. The fraction of sp³-hybridized carbons (Fsp3) is 0.0952. The highest BCUT2D eigenvalue weighted by Gasteiger charge is 2.44. The van der Waals surface area contributed by atoms with Crippen LogP contribution in [0, 0.1) is 11.7 Å². The Labute approximate surface area is 294 Å². The minimum atomic E-state index is -3.34. The van der Waals surface area contributed by atoms with E-state index < -0.39 is 15.4 Å². The van der Waals surface area contributed by atoms with Gasteiger partial charge in [0.1, 0.15) is 21.3 Å². The van der Waals surface area contributed by atoms with Gasteiger partial charge in [0.25, 0.3) is 0 Å². The van der Waals surface area contributed by atoms with Gasteiger partial charge in [0.05, 0.1) is 5.52 Å². The number of halogens is 1. The Morgan fingerprint density at radius 1 is 0.800 bits per heavy atom. The average molecular weight is 694 g/mol. The van der Waals surface area contributed by atoms with E-state index in [0.717, 1.165) is 61.3 Å². The standard InChI is InChI=1S/C42H32FN3O2S2/c1-50(47,48)40-24-23-39(49-40)35-25-26-44-38-22-19-30(27-36(35)38)37-28-46(45-41(37)29-17-20-34(43)21-18-29)42(31-11-5-2-6-12-31,32-13-7-3-8-14-32)33-15-9-4-10-16-33/h2-15,17-28,33H,16H2,1H3. The molecule has 0 radical (unpaired) electrons. The SMILES string of the molecule is CS(=O)(=O)c1ccc(-c2ccnc3ccc(-c4cn(C(c5ccccc5)(c5ccccc5)C5C=CC=CC5)nc4-c4ccc(F)cc4)cc23)s1. The molecule has 1 unspecified atom stereocenters. The Bertz CT molecular complexity index is 2460. The molecule has 5 nitrogen and oxygen atoms in total. The number of rotatable bonds is 8. The Balaban J connectivity index is 1.40. The van der Waals surface area contributed by atoms with E-state index >= 15 is 0 Å². The van der Waals surface area contributed by atoms with Crippen molar-refractivity contribution >= 4 is 32.1 Å². The first-order valence-corrected chi connectivity index (χ1v) is 19.0. The molecule has 0 bridgehead atoms. The number of fused-ring (bicyclic) bond motifs is 1. The first-order chi connectivity index (χ1) is 24.3. The van der Waals surface area contributed by atoms with Crippen molar-refractivity contribution in [2.24, 2.45) is 5.92 Å². The van der Waals surface area contributed by atoms with Crippen LogP contribution in [0.3, 0.4) is 0 Å². The smallest absolute Gasteiger partial charge is 0.184 e. The molecule has 0 saturated heterocycles. The summed E-state index contributed by atoms with van der Waals surface area (Å²) in [5.74, 6) is -0.288. The van der Waals surface area contributed by atoms with Gasteiger partial charge in [0.2, 0.25) is 0 Å². The third kappa shape index (κ3) is 5.60. The number of benzene rings is 4. The van der Waals surface area contributed by atoms with Crippen LogP contribution < -0.4 is 0 Å². The first kappa shape index (κ1) is 31.8. The maximum absolute atomic E-state index is 14.3. The van der Waals surface area contributed by atoms with Gasteiger partial charge in [-0.3, -0.25) is 9.67 Å². The van der Waals surface area contributed by atoms with Crippen molar-refractivity contribution in [2.75, 3.05) is 6.26 Å². The molecule has 1 aliphatic carbocycles. The van der Waals surface area contributed by atoms with Gasteiger partial charge in [-0.05, 0) is 77.7 Å². The van der Waals surface area contributed by atoms with E-state index in [1.807, 2.05) is 36.4 Å². The zero-order chi connectivity index (χ0) is 34.3. The van der Waals surface area contributed by atoms with Gasteiger partial charge in [-0.1, -0.05) is 91.0 Å². The highest BCUT2D eigenvalue weighted by Crippen LogP contribution is 2.46. The third-order valence-electron chi connectivity index (χ3n) is 9.40. The predicted octanol–water partition coefficient (Wildman–Crippen LogP) is 9.96. The lowest BCUT2D eigenvalue weighted by molar-refractivity contribution is 0.293. The zero-order valence-corrected chi connectivity index (χ0v) is 28.8. The summed E-state index contributed by atoms with van der Waals surface area (Å²) in [5.41, 5.74) is 6.45. The topological polar surface area (TPSA) is 64.8 Å². The van der Waals surface area contributed by atoms with Crippen molar-refractivity contribution in [2.45, 2.75) is 16.2 Å². The Hall–Kier alpha value is -5.44. The summed E-state index contributed by atoms with van der Waals surface area (Å²) in [5, 5.41) is 6.33. The van der Waals surface area contributed by atoms with E-state index in [1.54, 1.807) is 24.4 Å². The molecule has 7 aromatic rings. The zero-order valence-electron chi connectivity index (χ0n) is 27.1. The molecular weight excluding hydrogens is 662 g/mol. The average Bonchev–Trinajstić information content (AvgIpc) is 3.83. The van der Waals surface area contributed by atoms with Crippen LogP contribution >= 0.6 is 11.3 Å². The molecule has 246 valence electrons. The summed E-state index contributed by atoms with van der Waals surface area (Å²) in [6.45, 7) is 0. The number of allylic oxidation sites excluding steroid dienone is 4. The molecule has 0 fully saturated rings. The summed E-state index contributed by atoms with van der Waals surface area (Å²) in [6.07, 6.45) is 14.6. The minimum absolute atomic E-state index is 0.0291. The number of aromatic nitrogens is 3. The fourth-order valence-electron chi connectivity index (χ4n) is 7.08. The largest absolute Gasteiger partial charge is 0.256 e. The second-order valence-electron chi connectivity index (χ2n) is 12.5. The maximum atomic E-state index is 14.3. The Morgan fingerprint density at radius 2 is 1.50 bits per heavy atom. The quantitative estimate of drug-likeness (QED) is 0.159. The van der Waals surface area contributed by atoms with Crippen molar-refractivity contribution in [1.82, 2.24) is 14.8 Å². The summed E-state index contributed by atoms with van der Waals surface area (Å²) in [6, 6.07) is 39.0. The van der Waals surface area contributed by atoms with E-state index in [1.165, 1.54) is 29.7 Å². The van der Waals surface area contributed by atoms with Crippen molar-refractivity contribution in [3.05, 3.63) is 175 Å². The lowest BCUT2D eigenvalue weighted by Crippen LogP contribution is -2.43. The molecular formula is C42H32FN3O2S2. The van der Waals surface area contributed by atoms with Crippen LogP contribution in [-0.4, -0.2) is 29.4 Å². The third-order valence-corrected chi connectivity index (χ3v) is 12.3. The van der Waals surface area contributed by atoms with Crippen molar-refractivity contribution in [3.8, 4) is 32.8 Å². The molecule has 1 aliphatic rings. The Morgan fingerprint density at radius 3 is 2.14 bits per heavy atom. The van der Waals surface area contributed by atoms with Crippen LogP contribution in [-0.2, 0) is 15.4 Å². The fourth-order valence-corrected chi connectivity index (χ4v) is 9.05. The second kappa shape index (κ2) is 12.8. The number of thiophene rings is 1. The highest BCUT2D eigenvalue weighted by molar-refractivity contribution is 7.92. The van der Waals surface area contributed by atoms with Gasteiger partial charge in [-0.25, -0.2) is 12.8 Å². The number of hydrogen-bond acceptors (Lipinski definition) is 5. The second-order valence-corrected chi connectivity index (χ2v) is 15.8. The first-order valence-electron chi connectivity index (χ1n) is 16.3. The van der Waals surface area contributed by atoms with Crippen LogP contribution in [0.5, 0.6) is 0 Å². The van der Waals surface area contributed by atoms with Gasteiger partial charge in [0.15, 0.2) is 9.84 Å². The van der Waals surface area contributed by atoms with Gasteiger partial charge >= 0.3 is 0 Å². The monoisotopic (exact) mass is 693 g/mol. The molecule has 0 aliphatic heterocycles. The van der Waals surface area contributed by atoms with Crippen LogP contribution in [0.25, 0.3) is 43.7 Å². The molecule has 0 amide bonds. The van der Waals surface area contributed by atoms with Gasteiger partial charge in [-0.2, -0.15) is 5.10 Å². The lowest BCUT2D eigenvalue weighted by atomic mass is 9.70. The molecule has 1 atom stereocenters. The predicted molar refractivity (Wildman–Crippen MR) is 200 cm³/mol. The van der Waals surface area contributed by atoms with E-state index in [9.17, 15) is 12.8 Å². The number of sulfone groups is 1. The summed E-state index contributed by atoms with van der Waals surface area (Å²) < 4.78 is 41.4. The van der Waals surface area contributed by atoms with Crippen molar-refractivity contribution in [1.29, 1.82) is 0 Å². The normalized spacial score (nSPS) is 14.7. The van der Waals surface area contributed by atoms with E-state index in [2.05, 4.69) is 94.8 Å². The van der Waals surface area contributed by atoms with Crippen molar-refractivity contribution in [3.63, 3.8) is 0 Å². The summed E-state index contributed by atoms with van der Waals surface area (Å²) in [7, 11) is -3.34. The van der Waals surface area contributed by atoms with Gasteiger partial charge in [-0.15, -0.1) is 11.3 Å². The molecule has 50 heavy (non-hydrogen) atoms. The summed E-state index contributed by atoms with van der Waals surface area (Å²) in [4.78, 5) is 5.48. The lowest BCUT2D eigenvalue weighted by Gasteiger charge is -2.41. The van der Waals surface area contributed by atoms with E-state index in [0.29, 0.717) is 4.21 Å². The van der Waals surface area contributed by atoms with Crippen LogP contribution in [0.15, 0.2) is 162 Å².